The largest absolute Gasteiger partial charge is 0.417 e. The van der Waals surface area contributed by atoms with Gasteiger partial charge in [0.1, 0.15) is 12.0 Å². The van der Waals surface area contributed by atoms with Crippen molar-refractivity contribution in [3.8, 4) is 11.8 Å². The Kier molecular flexibility index (Phi) is 4.82. The molecule has 0 fully saturated rings. The number of hydrogen-bond acceptors (Lipinski definition) is 4. The molecule has 0 bridgehead atoms. The van der Waals surface area contributed by atoms with Gasteiger partial charge in [0, 0.05) is 11.6 Å². The lowest BCUT2D eigenvalue weighted by molar-refractivity contribution is 0.331. The number of nitrogens with zero attached hydrogens (tertiary/aromatic N) is 1. The Morgan fingerprint density at radius 1 is 1.32 bits per heavy atom. The number of nitrogens with one attached hydrogen (secondary N) is 1. The minimum absolute atomic E-state index is 0.240. The van der Waals surface area contributed by atoms with E-state index in [0.29, 0.717) is 23.2 Å². The molecule has 2 rings (SSSR count). The van der Waals surface area contributed by atoms with E-state index >= 15 is 0 Å². The number of ether oxygens (including phenoxy) is 1. The Bertz CT molecular complexity index is 508. The van der Waals surface area contributed by atoms with E-state index in [0.717, 1.165) is 12.2 Å². The fraction of sp³-hybridized carbons (Fsp3) is 0.357. The molecule has 0 saturated carbocycles. The average molecular weight is 281 g/mol. The zero-order valence-electron chi connectivity index (χ0n) is 11.0. The van der Waals surface area contributed by atoms with Crippen molar-refractivity contribution in [2.45, 2.75) is 20.4 Å². The molecule has 0 unspecified atom stereocenters. The SMILES string of the molecule is CC(C)CNCc1coc(Oc2ccc(Cl)cc2)n1. The zero-order valence-corrected chi connectivity index (χ0v) is 11.8. The normalized spacial score (nSPS) is 10.9. The van der Waals surface area contributed by atoms with Crippen molar-refractivity contribution in [3.05, 3.63) is 41.2 Å². The van der Waals surface area contributed by atoms with E-state index in [1.54, 1.807) is 30.5 Å². The molecule has 0 amide bonds. The van der Waals surface area contributed by atoms with Crippen LogP contribution in [0.4, 0.5) is 0 Å². The third-order valence-electron chi connectivity index (χ3n) is 2.41. The van der Waals surface area contributed by atoms with Crippen LogP contribution in [0.25, 0.3) is 0 Å². The van der Waals surface area contributed by atoms with Crippen LogP contribution < -0.4 is 10.1 Å². The van der Waals surface area contributed by atoms with E-state index in [1.807, 2.05) is 0 Å². The van der Waals surface area contributed by atoms with Crippen LogP contribution in [0.2, 0.25) is 5.02 Å². The molecule has 102 valence electrons. The summed E-state index contributed by atoms with van der Waals surface area (Å²) in [5.41, 5.74) is 0.824. The van der Waals surface area contributed by atoms with Crippen LogP contribution in [0.3, 0.4) is 0 Å². The summed E-state index contributed by atoms with van der Waals surface area (Å²) in [7, 11) is 0. The van der Waals surface area contributed by atoms with E-state index in [9.17, 15) is 0 Å². The Morgan fingerprint density at radius 2 is 2.05 bits per heavy atom. The molecule has 1 heterocycles. The van der Waals surface area contributed by atoms with Crippen LogP contribution in [0.1, 0.15) is 19.5 Å². The summed E-state index contributed by atoms with van der Waals surface area (Å²) < 4.78 is 10.7. The summed E-state index contributed by atoms with van der Waals surface area (Å²) in [6, 6.07) is 7.04. The summed E-state index contributed by atoms with van der Waals surface area (Å²) in [5, 5.41) is 3.96. The summed E-state index contributed by atoms with van der Waals surface area (Å²) in [6.07, 6.45) is 1.84. The standard InChI is InChI=1S/C14H17ClN2O2/c1-10(2)7-16-8-12-9-18-14(17-12)19-13-5-3-11(15)4-6-13/h3-6,9-10,16H,7-8H2,1-2H3. The summed E-state index contributed by atoms with van der Waals surface area (Å²) in [4.78, 5) is 4.24. The summed E-state index contributed by atoms with van der Waals surface area (Å²) >= 11 is 5.80. The van der Waals surface area contributed by atoms with E-state index in [1.165, 1.54) is 0 Å². The average Bonchev–Trinajstić information content (AvgIpc) is 2.79. The molecule has 0 aliphatic rings. The van der Waals surface area contributed by atoms with Crippen LogP contribution in [0, 0.1) is 5.92 Å². The molecule has 1 N–H and O–H groups in total. The van der Waals surface area contributed by atoms with Crippen LogP contribution in [-0.4, -0.2) is 11.5 Å². The first-order valence-electron chi connectivity index (χ1n) is 6.22. The van der Waals surface area contributed by atoms with Crippen LogP contribution in [0.5, 0.6) is 11.8 Å². The molecule has 0 aliphatic heterocycles. The first kappa shape index (κ1) is 13.9. The molecule has 0 radical (unpaired) electrons. The summed E-state index contributed by atoms with van der Waals surface area (Å²) in [6.45, 7) is 5.93. The van der Waals surface area contributed by atoms with Crippen molar-refractivity contribution in [1.82, 2.24) is 10.3 Å². The first-order valence-corrected chi connectivity index (χ1v) is 6.60. The molecule has 5 heteroatoms. The van der Waals surface area contributed by atoms with Crippen molar-refractivity contribution in [2.75, 3.05) is 6.54 Å². The second-order valence-electron chi connectivity index (χ2n) is 4.69. The number of benzene rings is 1. The maximum absolute atomic E-state index is 5.80. The number of oxazole rings is 1. The Morgan fingerprint density at radius 3 is 2.74 bits per heavy atom. The molecule has 1 aromatic heterocycles. The molecule has 4 nitrogen and oxygen atoms in total. The van der Waals surface area contributed by atoms with Crippen molar-refractivity contribution in [1.29, 1.82) is 0 Å². The number of rotatable bonds is 6. The van der Waals surface area contributed by atoms with Gasteiger partial charge < -0.3 is 14.5 Å². The Balaban J connectivity index is 1.88. The van der Waals surface area contributed by atoms with Gasteiger partial charge in [0.25, 0.3) is 0 Å². The molecule has 0 atom stereocenters. The highest BCUT2D eigenvalue weighted by Gasteiger charge is 2.06. The second kappa shape index (κ2) is 6.59. The number of aromatic nitrogens is 1. The van der Waals surface area contributed by atoms with Gasteiger partial charge in [-0.3, -0.25) is 0 Å². The minimum atomic E-state index is 0.240. The maximum atomic E-state index is 5.80. The molecular formula is C14H17ClN2O2. The van der Waals surface area contributed by atoms with Crippen molar-refractivity contribution >= 4 is 11.6 Å². The predicted molar refractivity (Wildman–Crippen MR) is 74.6 cm³/mol. The van der Waals surface area contributed by atoms with Gasteiger partial charge in [-0.1, -0.05) is 25.4 Å². The van der Waals surface area contributed by atoms with Crippen LogP contribution in [0.15, 0.2) is 34.9 Å². The Hall–Kier alpha value is -1.52. The first-order chi connectivity index (χ1) is 9.13. The fourth-order valence-corrected chi connectivity index (χ4v) is 1.63. The summed E-state index contributed by atoms with van der Waals surface area (Å²) in [5.74, 6) is 1.25. The van der Waals surface area contributed by atoms with Gasteiger partial charge in [0.2, 0.25) is 0 Å². The number of hydrogen-bond donors (Lipinski definition) is 1. The van der Waals surface area contributed by atoms with E-state index in [-0.39, 0.29) is 6.08 Å². The second-order valence-corrected chi connectivity index (χ2v) is 5.12. The monoisotopic (exact) mass is 280 g/mol. The van der Waals surface area contributed by atoms with Gasteiger partial charge in [0.15, 0.2) is 0 Å². The molecule has 0 spiro atoms. The zero-order chi connectivity index (χ0) is 13.7. The van der Waals surface area contributed by atoms with Crippen LogP contribution >= 0.6 is 11.6 Å². The molecule has 0 aliphatic carbocycles. The molecular weight excluding hydrogens is 264 g/mol. The quantitative estimate of drug-likeness (QED) is 0.873. The molecule has 0 saturated heterocycles. The topological polar surface area (TPSA) is 47.3 Å². The van der Waals surface area contributed by atoms with Gasteiger partial charge in [-0.05, 0) is 36.7 Å². The van der Waals surface area contributed by atoms with Gasteiger partial charge in [-0.15, -0.1) is 0 Å². The van der Waals surface area contributed by atoms with E-state index < -0.39 is 0 Å². The van der Waals surface area contributed by atoms with Gasteiger partial charge in [-0.25, -0.2) is 0 Å². The van der Waals surface area contributed by atoms with Crippen molar-refractivity contribution < 1.29 is 9.15 Å². The third kappa shape index (κ3) is 4.58. The van der Waals surface area contributed by atoms with Crippen molar-refractivity contribution in [2.24, 2.45) is 5.92 Å². The lowest BCUT2D eigenvalue weighted by atomic mass is 10.2. The number of halogens is 1. The highest BCUT2D eigenvalue weighted by atomic mass is 35.5. The van der Waals surface area contributed by atoms with E-state index in [2.05, 4.69) is 24.1 Å². The van der Waals surface area contributed by atoms with Gasteiger partial charge in [-0.2, -0.15) is 4.98 Å². The maximum Gasteiger partial charge on any atom is 0.399 e. The minimum Gasteiger partial charge on any atom is -0.417 e. The Labute approximate surface area is 117 Å². The van der Waals surface area contributed by atoms with Crippen LogP contribution in [-0.2, 0) is 6.54 Å². The molecule has 1 aromatic carbocycles. The van der Waals surface area contributed by atoms with Gasteiger partial charge in [0.05, 0.1) is 5.69 Å². The molecule has 2 aromatic rings. The highest BCUT2D eigenvalue weighted by Crippen LogP contribution is 2.22. The molecule has 19 heavy (non-hydrogen) atoms. The fourth-order valence-electron chi connectivity index (χ4n) is 1.51. The lowest BCUT2D eigenvalue weighted by Crippen LogP contribution is -2.19. The lowest BCUT2D eigenvalue weighted by Gasteiger charge is -2.04. The predicted octanol–water partition coefficient (Wildman–Crippen LogP) is 3.87. The third-order valence-corrected chi connectivity index (χ3v) is 2.66. The highest BCUT2D eigenvalue weighted by molar-refractivity contribution is 6.30. The van der Waals surface area contributed by atoms with E-state index in [4.69, 9.17) is 20.8 Å². The van der Waals surface area contributed by atoms with Gasteiger partial charge >= 0.3 is 6.08 Å². The smallest absolute Gasteiger partial charge is 0.399 e. The van der Waals surface area contributed by atoms with Crippen molar-refractivity contribution in [3.63, 3.8) is 0 Å².